The van der Waals surface area contributed by atoms with E-state index in [0.717, 1.165) is 0 Å². The van der Waals surface area contributed by atoms with Gasteiger partial charge < -0.3 is 14.6 Å². The molecule has 7 heteroatoms. The molecule has 2 rings (SSSR count). The number of alkyl halides is 2. The third-order valence-corrected chi connectivity index (χ3v) is 2.18. The maximum Gasteiger partial charge on any atom is 0.337 e. The first-order valence-corrected chi connectivity index (χ1v) is 4.59. The fourth-order valence-electron chi connectivity index (χ4n) is 1.43. The first kappa shape index (κ1) is 11.5. The van der Waals surface area contributed by atoms with E-state index in [1.54, 1.807) is 0 Å². The highest BCUT2D eigenvalue weighted by Gasteiger charge is 2.23. The summed E-state index contributed by atoms with van der Waals surface area (Å²) in [6.07, 6.45) is -4.72. The molecular formula is C10H7F2NO4. The van der Waals surface area contributed by atoms with Crippen LogP contribution in [0.3, 0.4) is 0 Å². The van der Waals surface area contributed by atoms with Crippen molar-refractivity contribution in [2.45, 2.75) is 12.5 Å². The number of hydrogen-bond donors (Lipinski definition) is 2. The van der Waals surface area contributed by atoms with Crippen LogP contribution in [0.1, 0.15) is 24.0 Å². The normalized spacial score (nSPS) is 13.2. The van der Waals surface area contributed by atoms with E-state index in [1.807, 2.05) is 0 Å². The monoisotopic (exact) mass is 243 g/mol. The van der Waals surface area contributed by atoms with Crippen LogP contribution in [-0.2, 0) is 4.79 Å². The van der Waals surface area contributed by atoms with Gasteiger partial charge in [0.2, 0.25) is 0 Å². The van der Waals surface area contributed by atoms with Crippen molar-refractivity contribution in [2.75, 3.05) is 0 Å². The van der Waals surface area contributed by atoms with E-state index >= 15 is 0 Å². The molecule has 0 bridgehead atoms. The van der Waals surface area contributed by atoms with Crippen molar-refractivity contribution >= 4 is 17.1 Å². The van der Waals surface area contributed by atoms with Crippen molar-refractivity contribution in [1.82, 2.24) is 4.98 Å². The van der Waals surface area contributed by atoms with Crippen LogP contribution < -0.4 is 0 Å². The molecule has 0 spiro atoms. The van der Waals surface area contributed by atoms with Crippen molar-refractivity contribution in [3.05, 3.63) is 29.7 Å². The van der Waals surface area contributed by atoms with Gasteiger partial charge in [0.15, 0.2) is 11.7 Å². The molecule has 0 aliphatic heterocycles. The van der Waals surface area contributed by atoms with E-state index in [2.05, 4.69) is 4.98 Å². The predicted molar refractivity (Wildman–Crippen MR) is 51.6 cm³/mol. The number of para-hydroxylation sites is 1. The number of carbonyl (C=O) groups is 1. The van der Waals surface area contributed by atoms with Crippen LogP contribution in [-0.4, -0.2) is 21.2 Å². The van der Waals surface area contributed by atoms with Gasteiger partial charge in [-0.1, -0.05) is 12.1 Å². The van der Waals surface area contributed by atoms with Gasteiger partial charge in [0.05, 0.1) is 0 Å². The van der Waals surface area contributed by atoms with E-state index < -0.39 is 24.4 Å². The number of fused-ring (bicyclic) bond motifs is 1. The first-order chi connectivity index (χ1) is 8.00. The number of oxazole rings is 1. The molecule has 2 N–H and O–H groups in total. The first-order valence-electron chi connectivity index (χ1n) is 4.59. The Bertz CT molecular complexity index is 566. The van der Waals surface area contributed by atoms with Crippen LogP contribution in [0.25, 0.3) is 11.1 Å². The molecule has 0 fully saturated rings. The highest BCUT2D eigenvalue weighted by atomic mass is 19.3. The molecule has 1 unspecified atom stereocenters. The zero-order valence-electron chi connectivity index (χ0n) is 8.30. The Morgan fingerprint density at radius 1 is 1.41 bits per heavy atom. The van der Waals surface area contributed by atoms with Crippen molar-refractivity contribution in [3.8, 4) is 0 Å². The SMILES string of the molecule is O=C(O)C(O)c1cccc2oc(C(F)F)nc12. The van der Waals surface area contributed by atoms with E-state index in [4.69, 9.17) is 9.52 Å². The number of carboxylic acid groups (broad SMARTS) is 1. The molecule has 1 aromatic carbocycles. The molecule has 0 aliphatic rings. The van der Waals surface area contributed by atoms with Crippen LogP contribution >= 0.6 is 0 Å². The average molecular weight is 243 g/mol. The summed E-state index contributed by atoms with van der Waals surface area (Å²) in [5.41, 5.74) is -0.138. The number of aromatic nitrogens is 1. The lowest BCUT2D eigenvalue weighted by atomic mass is 10.1. The second kappa shape index (κ2) is 4.10. The number of aliphatic hydroxyl groups excluding tert-OH is 1. The van der Waals surface area contributed by atoms with E-state index in [9.17, 15) is 18.7 Å². The Kier molecular flexibility index (Phi) is 2.76. The molecule has 90 valence electrons. The largest absolute Gasteiger partial charge is 0.479 e. The molecule has 2 aromatic rings. The molecule has 1 heterocycles. The molecule has 0 radical (unpaired) electrons. The number of rotatable bonds is 3. The Balaban J connectivity index is 2.60. The third kappa shape index (κ3) is 1.96. The minimum absolute atomic E-state index is 0.0121. The molecule has 17 heavy (non-hydrogen) atoms. The third-order valence-electron chi connectivity index (χ3n) is 2.18. The van der Waals surface area contributed by atoms with E-state index in [-0.39, 0.29) is 16.7 Å². The fourth-order valence-corrected chi connectivity index (χ4v) is 1.43. The molecule has 0 saturated carbocycles. The molecule has 0 saturated heterocycles. The molecule has 0 aliphatic carbocycles. The van der Waals surface area contributed by atoms with Gasteiger partial charge in [0.1, 0.15) is 5.52 Å². The number of aliphatic carboxylic acids is 1. The highest BCUT2D eigenvalue weighted by molar-refractivity contribution is 5.84. The second-order valence-electron chi connectivity index (χ2n) is 3.29. The summed E-state index contributed by atoms with van der Waals surface area (Å²) < 4.78 is 29.5. The van der Waals surface area contributed by atoms with Gasteiger partial charge in [-0.3, -0.25) is 0 Å². The van der Waals surface area contributed by atoms with Gasteiger partial charge in [0.25, 0.3) is 5.89 Å². The number of carboxylic acids is 1. The molecular weight excluding hydrogens is 236 g/mol. The average Bonchev–Trinajstić information content (AvgIpc) is 2.71. The lowest BCUT2D eigenvalue weighted by molar-refractivity contribution is -0.146. The van der Waals surface area contributed by atoms with Gasteiger partial charge >= 0.3 is 12.4 Å². The van der Waals surface area contributed by atoms with Crippen LogP contribution in [0.2, 0.25) is 0 Å². The summed E-state index contributed by atoms with van der Waals surface area (Å²) in [5, 5.41) is 18.0. The van der Waals surface area contributed by atoms with Gasteiger partial charge in [-0.15, -0.1) is 0 Å². The molecule has 0 amide bonds. The number of aliphatic hydroxyl groups is 1. The fraction of sp³-hybridized carbons (Fsp3) is 0.200. The van der Waals surface area contributed by atoms with Crippen molar-refractivity contribution in [3.63, 3.8) is 0 Å². The molecule has 1 atom stereocenters. The van der Waals surface area contributed by atoms with Crippen LogP contribution in [0.15, 0.2) is 22.6 Å². The number of benzene rings is 1. The van der Waals surface area contributed by atoms with Gasteiger partial charge in [-0.2, -0.15) is 8.78 Å². The minimum atomic E-state index is -2.89. The van der Waals surface area contributed by atoms with Crippen molar-refractivity contribution in [1.29, 1.82) is 0 Å². The second-order valence-corrected chi connectivity index (χ2v) is 3.29. The van der Waals surface area contributed by atoms with Gasteiger partial charge in [0, 0.05) is 5.56 Å². The molecule has 5 nitrogen and oxygen atoms in total. The van der Waals surface area contributed by atoms with Crippen molar-refractivity contribution < 1.29 is 28.2 Å². The van der Waals surface area contributed by atoms with Crippen LogP contribution in [0, 0.1) is 0 Å². The Labute approximate surface area is 93.3 Å². The smallest absolute Gasteiger partial charge is 0.337 e. The van der Waals surface area contributed by atoms with Gasteiger partial charge in [-0.05, 0) is 6.07 Å². The zero-order chi connectivity index (χ0) is 12.6. The number of halogens is 2. The van der Waals surface area contributed by atoms with E-state index in [1.165, 1.54) is 18.2 Å². The van der Waals surface area contributed by atoms with Crippen molar-refractivity contribution in [2.24, 2.45) is 0 Å². The Morgan fingerprint density at radius 2 is 2.12 bits per heavy atom. The maximum absolute atomic E-state index is 12.4. The lowest BCUT2D eigenvalue weighted by Gasteiger charge is -2.04. The Hall–Kier alpha value is -2.02. The van der Waals surface area contributed by atoms with Crippen LogP contribution in [0.4, 0.5) is 8.78 Å². The van der Waals surface area contributed by atoms with E-state index in [0.29, 0.717) is 0 Å². The Morgan fingerprint density at radius 3 is 2.71 bits per heavy atom. The van der Waals surface area contributed by atoms with Gasteiger partial charge in [-0.25, -0.2) is 9.78 Å². The lowest BCUT2D eigenvalue weighted by Crippen LogP contribution is -2.10. The summed E-state index contributed by atoms with van der Waals surface area (Å²) in [4.78, 5) is 14.1. The minimum Gasteiger partial charge on any atom is -0.479 e. The number of nitrogens with zero attached hydrogens (tertiary/aromatic N) is 1. The summed E-state index contributed by atoms with van der Waals surface area (Å²) in [7, 11) is 0. The maximum atomic E-state index is 12.4. The topological polar surface area (TPSA) is 83.6 Å². The number of hydrogen-bond acceptors (Lipinski definition) is 4. The molecule has 1 aromatic heterocycles. The summed E-state index contributed by atoms with van der Waals surface area (Å²) in [6.45, 7) is 0. The summed E-state index contributed by atoms with van der Waals surface area (Å²) >= 11 is 0. The standard InChI is InChI=1S/C10H7F2NO4/c11-8(12)9-13-6-4(7(14)10(15)16)2-1-3-5(6)17-9/h1-3,7-8,14H,(H,15,16). The predicted octanol–water partition coefficient (Wildman–Crippen LogP) is 1.88. The van der Waals surface area contributed by atoms with Crippen LogP contribution in [0.5, 0.6) is 0 Å². The highest BCUT2D eigenvalue weighted by Crippen LogP contribution is 2.28. The zero-order valence-corrected chi connectivity index (χ0v) is 8.30. The summed E-state index contributed by atoms with van der Waals surface area (Å²) in [6, 6.07) is 4.05. The summed E-state index contributed by atoms with van der Waals surface area (Å²) in [5.74, 6) is -2.29. The quantitative estimate of drug-likeness (QED) is 0.859.